The Bertz CT molecular complexity index is 208. The minimum absolute atomic E-state index is 0.699. The van der Waals surface area contributed by atoms with Crippen molar-refractivity contribution in [2.24, 2.45) is 5.92 Å². The topological polar surface area (TPSA) is 18.5 Å². The number of rotatable bonds is 7. The summed E-state index contributed by atoms with van der Waals surface area (Å²) in [6.07, 6.45) is 4.21. The molecule has 1 aliphatic heterocycles. The molecule has 2 rings (SSSR count). The Labute approximate surface area is 107 Å². The van der Waals surface area contributed by atoms with Gasteiger partial charge in [-0.15, -0.1) is 0 Å². The third kappa shape index (κ3) is 4.57. The second kappa shape index (κ2) is 6.72. The highest BCUT2D eigenvalue weighted by Crippen LogP contribution is 2.29. The van der Waals surface area contributed by atoms with Crippen molar-refractivity contribution in [3.63, 3.8) is 0 Å². The molecule has 1 heterocycles. The maximum atomic E-state index is 3.53. The van der Waals surface area contributed by atoms with E-state index in [0.29, 0.717) is 6.04 Å². The van der Waals surface area contributed by atoms with Crippen molar-refractivity contribution in [1.82, 2.24) is 15.1 Å². The molecule has 0 aromatic rings. The van der Waals surface area contributed by atoms with Gasteiger partial charge in [-0.1, -0.05) is 6.92 Å². The molecular weight excluding hydrogens is 210 g/mol. The maximum Gasteiger partial charge on any atom is 0.0193 e. The lowest BCUT2D eigenvalue weighted by Crippen LogP contribution is -2.52. The van der Waals surface area contributed by atoms with Gasteiger partial charge < -0.3 is 10.2 Å². The molecule has 3 nitrogen and oxygen atoms in total. The first-order valence-electron chi connectivity index (χ1n) is 7.46. The fraction of sp³-hybridized carbons (Fsp3) is 1.00. The van der Waals surface area contributed by atoms with Crippen LogP contribution in [-0.2, 0) is 0 Å². The minimum atomic E-state index is 0.699. The molecule has 0 radical (unpaired) electrons. The van der Waals surface area contributed by atoms with Gasteiger partial charge in [0.25, 0.3) is 0 Å². The summed E-state index contributed by atoms with van der Waals surface area (Å²) in [5, 5.41) is 3.53. The summed E-state index contributed by atoms with van der Waals surface area (Å²) in [6.45, 7) is 13.4. The molecule has 0 spiro atoms. The van der Waals surface area contributed by atoms with Gasteiger partial charge in [-0.3, -0.25) is 4.90 Å². The molecule has 1 unspecified atom stereocenters. The van der Waals surface area contributed by atoms with Crippen molar-refractivity contribution in [2.45, 2.75) is 39.2 Å². The number of nitrogens with one attached hydrogen (secondary N) is 1. The molecule has 1 saturated carbocycles. The fourth-order valence-corrected chi connectivity index (χ4v) is 2.67. The van der Waals surface area contributed by atoms with Gasteiger partial charge in [0.2, 0.25) is 0 Å². The van der Waals surface area contributed by atoms with Crippen molar-refractivity contribution >= 4 is 0 Å². The van der Waals surface area contributed by atoms with Crippen molar-refractivity contribution in [3.05, 3.63) is 0 Å². The molecule has 1 saturated heterocycles. The normalized spacial score (nSPS) is 25.1. The van der Waals surface area contributed by atoms with E-state index in [1.165, 1.54) is 52.0 Å². The first-order chi connectivity index (χ1) is 8.29. The van der Waals surface area contributed by atoms with Gasteiger partial charge in [0.15, 0.2) is 0 Å². The second-order valence-electron chi connectivity index (χ2n) is 5.83. The zero-order valence-corrected chi connectivity index (χ0v) is 11.6. The Hall–Kier alpha value is -0.120. The summed E-state index contributed by atoms with van der Waals surface area (Å²) in [5.41, 5.74) is 0. The molecule has 2 aliphatic rings. The van der Waals surface area contributed by atoms with E-state index in [1.54, 1.807) is 0 Å². The predicted molar refractivity (Wildman–Crippen MR) is 73.4 cm³/mol. The van der Waals surface area contributed by atoms with Crippen molar-refractivity contribution in [2.75, 3.05) is 45.8 Å². The van der Waals surface area contributed by atoms with Crippen LogP contribution in [0.5, 0.6) is 0 Å². The number of piperazine rings is 1. The molecule has 100 valence electrons. The van der Waals surface area contributed by atoms with E-state index in [2.05, 4.69) is 29.0 Å². The molecule has 1 N–H and O–H groups in total. The molecule has 0 aromatic heterocycles. The third-order valence-corrected chi connectivity index (χ3v) is 4.11. The van der Waals surface area contributed by atoms with Crippen LogP contribution >= 0.6 is 0 Å². The van der Waals surface area contributed by atoms with Crippen LogP contribution in [0.1, 0.15) is 33.1 Å². The Balaban J connectivity index is 1.59. The minimum Gasteiger partial charge on any atom is -0.315 e. The lowest BCUT2D eigenvalue weighted by atomic mass is 10.2. The number of hydrogen-bond acceptors (Lipinski definition) is 3. The fourth-order valence-electron chi connectivity index (χ4n) is 2.67. The number of nitrogens with zero attached hydrogens (tertiary/aromatic N) is 2. The lowest BCUT2D eigenvalue weighted by Gasteiger charge is -2.38. The van der Waals surface area contributed by atoms with Crippen LogP contribution in [0.15, 0.2) is 0 Å². The van der Waals surface area contributed by atoms with E-state index < -0.39 is 0 Å². The zero-order chi connectivity index (χ0) is 12.1. The Morgan fingerprint density at radius 2 is 1.88 bits per heavy atom. The Kier molecular flexibility index (Phi) is 5.26. The molecule has 1 aliphatic carbocycles. The molecular formula is C14H29N3. The summed E-state index contributed by atoms with van der Waals surface area (Å²) in [5.74, 6) is 1.05. The molecule has 17 heavy (non-hydrogen) atoms. The van der Waals surface area contributed by atoms with E-state index in [4.69, 9.17) is 0 Å². The standard InChI is InChI=1S/C14H29N3/c1-3-6-15-11-13(2)17-9-7-16(8-10-17)12-14-4-5-14/h13-15H,3-12H2,1-2H3. The van der Waals surface area contributed by atoms with Gasteiger partial charge in [0.05, 0.1) is 0 Å². The molecule has 0 amide bonds. The Morgan fingerprint density at radius 1 is 1.18 bits per heavy atom. The summed E-state index contributed by atoms with van der Waals surface area (Å²) in [7, 11) is 0. The summed E-state index contributed by atoms with van der Waals surface area (Å²) < 4.78 is 0. The third-order valence-electron chi connectivity index (χ3n) is 4.11. The van der Waals surface area contributed by atoms with E-state index in [1.807, 2.05) is 0 Å². The largest absolute Gasteiger partial charge is 0.315 e. The van der Waals surface area contributed by atoms with E-state index >= 15 is 0 Å². The number of hydrogen-bond donors (Lipinski definition) is 1. The van der Waals surface area contributed by atoms with Crippen LogP contribution in [0.3, 0.4) is 0 Å². The van der Waals surface area contributed by atoms with Gasteiger partial charge in [-0.05, 0) is 38.6 Å². The summed E-state index contributed by atoms with van der Waals surface area (Å²) in [6, 6.07) is 0.699. The van der Waals surface area contributed by atoms with Crippen LogP contribution in [0, 0.1) is 5.92 Å². The predicted octanol–water partition coefficient (Wildman–Crippen LogP) is 1.40. The quantitative estimate of drug-likeness (QED) is 0.678. The van der Waals surface area contributed by atoms with Gasteiger partial charge in [0, 0.05) is 45.3 Å². The highest BCUT2D eigenvalue weighted by molar-refractivity contribution is 4.82. The zero-order valence-electron chi connectivity index (χ0n) is 11.6. The van der Waals surface area contributed by atoms with Crippen LogP contribution < -0.4 is 5.32 Å². The SMILES string of the molecule is CCCNCC(C)N1CCN(CC2CC2)CC1. The highest BCUT2D eigenvalue weighted by Gasteiger charge is 2.27. The Morgan fingerprint density at radius 3 is 2.47 bits per heavy atom. The van der Waals surface area contributed by atoms with Gasteiger partial charge >= 0.3 is 0 Å². The summed E-state index contributed by atoms with van der Waals surface area (Å²) >= 11 is 0. The van der Waals surface area contributed by atoms with Gasteiger partial charge in [0.1, 0.15) is 0 Å². The average Bonchev–Trinajstić information content (AvgIpc) is 3.14. The highest BCUT2D eigenvalue weighted by atomic mass is 15.3. The van der Waals surface area contributed by atoms with E-state index in [0.717, 1.165) is 19.0 Å². The monoisotopic (exact) mass is 239 g/mol. The van der Waals surface area contributed by atoms with Crippen molar-refractivity contribution in [3.8, 4) is 0 Å². The lowest BCUT2D eigenvalue weighted by molar-refractivity contribution is 0.0988. The molecule has 0 aromatic carbocycles. The average molecular weight is 239 g/mol. The van der Waals surface area contributed by atoms with E-state index in [-0.39, 0.29) is 0 Å². The molecule has 1 atom stereocenters. The molecule has 2 fully saturated rings. The summed E-state index contributed by atoms with van der Waals surface area (Å²) in [4.78, 5) is 5.31. The first-order valence-corrected chi connectivity index (χ1v) is 7.46. The van der Waals surface area contributed by atoms with Crippen molar-refractivity contribution < 1.29 is 0 Å². The van der Waals surface area contributed by atoms with Crippen LogP contribution in [-0.4, -0.2) is 61.7 Å². The maximum absolute atomic E-state index is 3.53. The van der Waals surface area contributed by atoms with Crippen LogP contribution in [0.4, 0.5) is 0 Å². The van der Waals surface area contributed by atoms with Crippen LogP contribution in [0.2, 0.25) is 0 Å². The molecule has 0 bridgehead atoms. The van der Waals surface area contributed by atoms with E-state index in [9.17, 15) is 0 Å². The molecule has 3 heteroatoms. The van der Waals surface area contributed by atoms with Gasteiger partial charge in [-0.2, -0.15) is 0 Å². The first kappa shape index (κ1) is 13.3. The smallest absolute Gasteiger partial charge is 0.0193 e. The second-order valence-corrected chi connectivity index (χ2v) is 5.83. The van der Waals surface area contributed by atoms with Gasteiger partial charge in [-0.25, -0.2) is 0 Å². The van der Waals surface area contributed by atoms with Crippen LogP contribution in [0.25, 0.3) is 0 Å². The van der Waals surface area contributed by atoms with Crippen molar-refractivity contribution in [1.29, 1.82) is 0 Å².